The monoisotopic (exact) mass is 522 g/mol. The van der Waals surface area contributed by atoms with Crippen molar-refractivity contribution >= 4 is 11.0 Å². The van der Waals surface area contributed by atoms with Gasteiger partial charge in [-0.05, 0) is 18.2 Å². The van der Waals surface area contributed by atoms with Gasteiger partial charge in [0.05, 0.1) is 27.9 Å². The summed E-state index contributed by atoms with van der Waals surface area (Å²) in [5.74, 6) is -1.54. The standard InChI is InChI=1S/C24H26O13/c1-32-13-6-9(4-5-11(13)36-24-19(30)18(29)16(27)14(8-25)37-24)12-7-10(26)15-17(28)22(33-2)20(31)23(34-3)21(15)35-12/h4-7,14,16,18-19,24-25,27-31H,8H2,1-3H3. The lowest BCUT2D eigenvalue weighted by atomic mass is 9.99. The smallest absolute Gasteiger partial charge is 0.229 e. The number of hydrogen-bond acceptors (Lipinski definition) is 13. The zero-order chi connectivity index (χ0) is 27.0. The Labute approximate surface area is 209 Å². The Bertz CT molecular complexity index is 1350. The molecule has 1 aliphatic heterocycles. The van der Waals surface area contributed by atoms with Crippen LogP contribution in [0.4, 0.5) is 0 Å². The van der Waals surface area contributed by atoms with Gasteiger partial charge in [0.2, 0.25) is 23.5 Å². The van der Waals surface area contributed by atoms with Crippen LogP contribution >= 0.6 is 0 Å². The van der Waals surface area contributed by atoms with E-state index in [4.69, 9.17) is 28.1 Å². The molecule has 5 unspecified atom stereocenters. The number of phenolic OH excluding ortho intramolecular Hbond substituents is 2. The van der Waals surface area contributed by atoms with Crippen molar-refractivity contribution in [1.82, 2.24) is 0 Å². The molecule has 0 bridgehead atoms. The summed E-state index contributed by atoms with van der Waals surface area (Å²) in [7, 11) is 3.78. The van der Waals surface area contributed by atoms with E-state index in [2.05, 4.69) is 0 Å². The molecule has 1 aromatic heterocycles. The molecule has 1 aliphatic rings. The average Bonchev–Trinajstić information content (AvgIpc) is 2.89. The Hall–Kier alpha value is -3.75. The van der Waals surface area contributed by atoms with E-state index in [1.54, 1.807) is 0 Å². The second-order valence-electron chi connectivity index (χ2n) is 8.12. The van der Waals surface area contributed by atoms with Crippen LogP contribution in [0.25, 0.3) is 22.3 Å². The Balaban J connectivity index is 1.74. The average molecular weight is 522 g/mol. The summed E-state index contributed by atoms with van der Waals surface area (Å²) >= 11 is 0. The number of aliphatic hydroxyl groups is 4. The van der Waals surface area contributed by atoms with Crippen LogP contribution in [-0.2, 0) is 4.74 Å². The van der Waals surface area contributed by atoms with Crippen LogP contribution in [0.3, 0.4) is 0 Å². The van der Waals surface area contributed by atoms with Crippen LogP contribution in [0.15, 0.2) is 33.5 Å². The third kappa shape index (κ3) is 4.47. The number of aromatic hydroxyl groups is 2. The van der Waals surface area contributed by atoms with Gasteiger partial charge in [-0.25, -0.2) is 0 Å². The maximum absolute atomic E-state index is 12.9. The Morgan fingerprint density at radius 1 is 0.865 bits per heavy atom. The van der Waals surface area contributed by atoms with E-state index in [-0.39, 0.29) is 39.7 Å². The van der Waals surface area contributed by atoms with Gasteiger partial charge in [-0.3, -0.25) is 4.79 Å². The number of phenols is 2. The molecule has 37 heavy (non-hydrogen) atoms. The van der Waals surface area contributed by atoms with Gasteiger partial charge in [0.1, 0.15) is 35.6 Å². The first-order chi connectivity index (χ1) is 17.7. The van der Waals surface area contributed by atoms with Crippen molar-refractivity contribution in [1.29, 1.82) is 0 Å². The molecule has 6 N–H and O–H groups in total. The SMILES string of the molecule is COc1cc(-c2cc(=O)c3c(O)c(OC)c(O)c(OC)c3o2)ccc1OC1OC(CO)C(O)C(O)C1O. The summed E-state index contributed by atoms with van der Waals surface area (Å²) in [6.45, 7) is -0.623. The molecule has 0 amide bonds. The molecule has 3 aromatic rings. The maximum Gasteiger partial charge on any atom is 0.229 e. The highest BCUT2D eigenvalue weighted by Crippen LogP contribution is 2.49. The van der Waals surface area contributed by atoms with Crippen molar-refractivity contribution in [2.24, 2.45) is 0 Å². The van der Waals surface area contributed by atoms with E-state index in [9.17, 15) is 35.4 Å². The van der Waals surface area contributed by atoms with Crippen molar-refractivity contribution in [2.45, 2.75) is 30.7 Å². The molecule has 0 radical (unpaired) electrons. The molecule has 5 atom stereocenters. The highest BCUT2D eigenvalue weighted by atomic mass is 16.7. The maximum atomic E-state index is 12.9. The predicted molar refractivity (Wildman–Crippen MR) is 125 cm³/mol. The molecule has 2 aromatic carbocycles. The van der Waals surface area contributed by atoms with Crippen LogP contribution in [0.5, 0.6) is 34.5 Å². The summed E-state index contributed by atoms with van der Waals surface area (Å²) in [5.41, 5.74) is -0.541. The number of ether oxygens (including phenoxy) is 5. The van der Waals surface area contributed by atoms with Gasteiger partial charge in [0, 0.05) is 11.6 Å². The largest absolute Gasteiger partial charge is 0.504 e. The second-order valence-corrected chi connectivity index (χ2v) is 8.12. The summed E-state index contributed by atoms with van der Waals surface area (Å²) in [4.78, 5) is 12.9. The zero-order valence-electron chi connectivity index (χ0n) is 19.9. The lowest BCUT2D eigenvalue weighted by Gasteiger charge is -2.39. The minimum absolute atomic E-state index is 0.0254. The van der Waals surface area contributed by atoms with Crippen molar-refractivity contribution in [3.63, 3.8) is 0 Å². The van der Waals surface area contributed by atoms with E-state index < -0.39 is 54.2 Å². The minimum atomic E-state index is -1.63. The molecule has 0 aliphatic carbocycles. The van der Waals surface area contributed by atoms with Gasteiger partial charge in [0.25, 0.3) is 0 Å². The first-order valence-corrected chi connectivity index (χ1v) is 11.0. The molecule has 1 fully saturated rings. The highest BCUT2D eigenvalue weighted by Gasteiger charge is 2.45. The van der Waals surface area contributed by atoms with Crippen molar-refractivity contribution < 1.29 is 58.7 Å². The van der Waals surface area contributed by atoms with E-state index in [1.807, 2.05) is 0 Å². The van der Waals surface area contributed by atoms with E-state index in [0.29, 0.717) is 5.56 Å². The second kappa shape index (κ2) is 10.3. The fraction of sp³-hybridized carbons (Fsp3) is 0.375. The number of rotatable bonds is 7. The number of fused-ring (bicyclic) bond motifs is 1. The van der Waals surface area contributed by atoms with Crippen LogP contribution in [0.1, 0.15) is 0 Å². The molecule has 0 saturated carbocycles. The molecule has 200 valence electrons. The lowest BCUT2D eigenvalue weighted by Crippen LogP contribution is -2.60. The number of methoxy groups -OCH3 is 3. The summed E-state index contributed by atoms with van der Waals surface area (Å²) in [6.07, 6.45) is -7.42. The van der Waals surface area contributed by atoms with Crippen LogP contribution in [0.2, 0.25) is 0 Å². The van der Waals surface area contributed by atoms with Gasteiger partial charge in [-0.15, -0.1) is 0 Å². The van der Waals surface area contributed by atoms with Gasteiger partial charge in [-0.1, -0.05) is 0 Å². The fourth-order valence-corrected chi connectivity index (χ4v) is 4.05. The third-order valence-corrected chi connectivity index (χ3v) is 5.98. The van der Waals surface area contributed by atoms with Crippen molar-refractivity contribution in [2.75, 3.05) is 27.9 Å². The van der Waals surface area contributed by atoms with Crippen molar-refractivity contribution in [3.8, 4) is 45.8 Å². The number of benzene rings is 2. The Morgan fingerprint density at radius 2 is 1.57 bits per heavy atom. The summed E-state index contributed by atoms with van der Waals surface area (Å²) < 4.78 is 32.3. The summed E-state index contributed by atoms with van der Waals surface area (Å²) in [6, 6.07) is 5.46. The van der Waals surface area contributed by atoms with Gasteiger partial charge >= 0.3 is 0 Å². The quantitative estimate of drug-likeness (QED) is 0.244. The van der Waals surface area contributed by atoms with Crippen LogP contribution < -0.4 is 24.4 Å². The molecule has 2 heterocycles. The van der Waals surface area contributed by atoms with Crippen molar-refractivity contribution in [3.05, 3.63) is 34.5 Å². The lowest BCUT2D eigenvalue weighted by molar-refractivity contribution is -0.277. The molecule has 4 rings (SSSR count). The molecule has 13 heteroatoms. The first kappa shape index (κ1) is 26.3. The normalized spacial score (nSPS) is 23.6. The number of hydrogen-bond donors (Lipinski definition) is 6. The minimum Gasteiger partial charge on any atom is -0.504 e. The van der Waals surface area contributed by atoms with Gasteiger partial charge in [0.15, 0.2) is 28.3 Å². The topological polar surface area (TPSA) is 198 Å². The first-order valence-electron chi connectivity index (χ1n) is 11.0. The molecule has 1 saturated heterocycles. The third-order valence-electron chi connectivity index (χ3n) is 5.98. The molecular weight excluding hydrogens is 496 g/mol. The Kier molecular flexibility index (Phi) is 7.34. The zero-order valence-corrected chi connectivity index (χ0v) is 19.9. The van der Waals surface area contributed by atoms with Gasteiger partial charge < -0.3 is 58.7 Å². The van der Waals surface area contributed by atoms with Crippen LogP contribution in [0, 0.1) is 0 Å². The Morgan fingerprint density at radius 3 is 2.19 bits per heavy atom. The van der Waals surface area contributed by atoms with Crippen LogP contribution in [-0.4, -0.2) is 89.3 Å². The number of aliphatic hydroxyl groups excluding tert-OH is 4. The summed E-state index contributed by atoms with van der Waals surface area (Å²) in [5, 5.41) is 60.1. The molecular formula is C24H26O13. The van der Waals surface area contributed by atoms with Gasteiger partial charge in [-0.2, -0.15) is 0 Å². The highest BCUT2D eigenvalue weighted by molar-refractivity contribution is 5.95. The van der Waals surface area contributed by atoms with E-state index in [0.717, 1.165) is 6.07 Å². The molecule has 0 spiro atoms. The fourth-order valence-electron chi connectivity index (χ4n) is 4.05. The molecule has 13 nitrogen and oxygen atoms in total. The predicted octanol–water partition coefficient (Wildman–Crippen LogP) is 0.0757. The van der Waals surface area contributed by atoms with E-state index >= 15 is 0 Å². The van der Waals surface area contributed by atoms with E-state index in [1.165, 1.54) is 39.5 Å².